The number of amides is 2. The number of hydrogen-bond acceptors (Lipinski definition) is 3. The van der Waals surface area contributed by atoms with E-state index in [4.69, 9.17) is 0 Å². The quantitative estimate of drug-likeness (QED) is 0.430. The van der Waals surface area contributed by atoms with Crippen LogP contribution in [0.4, 0.5) is 0 Å². The molecule has 0 aliphatic carbocycles. The van der Waals surface area contributed by atoms with Gasteiger partial charge in [0.2, 0.25) is 5.91 Å². The van der Waals surface area contributed by atoms with Gasteiger partial charge in [0.05, 0.1) is 6.20 Å². The molecule has 1 rings (SSSR count). The summed E-state index contributed by atoms with van der Waals surface area (Å²) in [7, 11) is 8.38. The van der Waals surface area contributed by atoms with Crippen LogP contribution in [0.2, 0.25) is 0 Å². The van der Waals surface area contributed by atoms with Crippen LogP contribution in [-0.4, -0.2) is 61.0 Å². The maximum absolute atomic E-state index is 10.1. The first-order valence-corrected chi connectivity index (χ1v) is 6.12. The van der Waals surface area contributed by atoms with Crippen molar-refractivity contribution in [2.75, 3.05) is 21.1 Å². The zero-order valence-corrected chi connectivity index (χ0v) is 17.4. The van der Waals surface area contributed by atoms with Crippen LogP contribution >= 0.6 is 0 Å². The molecule has 1 aromatic heterocycles. The first kappa shape index (κ1) is 63.1. The molecule has 28 heavy (non-hydrogen) atoms. The zero-order chi connectivity index (χ0) is 16.3. The number of aryl methyl sites for hydroxylation is 1. The van der Waals surface area contributed by atoms with E-state index >= 15 is 0 Å². The molecule has 0 saturated heterocycles. The number of carbonyl (C=O) groups is 2. The van der Waals surface area contributed by atoms with Crippen molar-refractivity contribution in [3.8, 4) is 0 Å². The maximum Gasteiger partial charge on any atom is 0.218 e. The standard InChI is InChI=1S/C6H9N2.C4H9NO.C4H8NO.6CH4.B.Y/c1-3-8-5-6(2)4-7-8;2*1-4(6)5(2)3;;;;;;;;/h4-5H,1,3H2,2H3;1-3H3;2H2,1,3H3;6*1H4;;/q-1;;-1;;;;;;;;. The summed E-state index contributed by atoms with van der Waals surface area (Å²) in [6.45, 7) is 9.39. The van der Waals surface area contributed by atoms with Gasteiger partial charge >= 0.3 is 0 Å². The van der Waals surface area contributed by atoms with Gasteiger partial charge in [-0.3, -0.25) is 16.6 Å². The van der Waals surface area contributed by atoms with Crippen LogP contribution in [0.25, 0.3) is 0 Å². The van der Waals surface area contributed by atoms with Gasteiger partial charge in [0, 0.05) is 75.3 Å². The first-order chi connectivity index (χ1) is 9.11. The summed E-state index contributed by atoms with van der Waals surface area (Å²) in [5.74, 6) is 0.0741. The minimum Gasteiger partial charge on any atom is -0.498 e. The molecule has 1 aromatic rings. The Morgan fingerprint density at radius 1 is 1.00 bits per heavy atom. The van der Waals surface area contributed by atoms with Gasteiger partial charge in [-0.15, -0.1) is 0 Å². The van der Waals surface area contributed by atoms with Crippen molar-refractivity contribution in [2.45, 2.75) is 71.9 Å². The maximum atomic E-state index is 10.1. The Balaban J connectivity index is -0.0000000192. The van der Waals surface area contributed by atoms with Crippen molar-refractivity contribution >= 4 is 20.2 Å². The van der Waals surface area contributed by atoms with Gasteiger partial charge in [-0.2, -0.15) is 5.10 Å². The van der Waals surface area contributed by atoms with Crippen LogP contribution < -0.4 is 0 Å². The molecule has 0 spiro atoms. The monoisotopic (exact) mass is 478 g/mol. The van der Waals surface area contributed by atoms with Crippen LogP contribution in [0, 0.1) is 20.9 Å². The Hall–Kier alpha value is -0.681. The topological polar surface area (TPSA) is 58.4 Å². The molecule has 0 aromatic carbocycles. The average molecular weight is 478 g/mol. The predicted octanol–water partition coefficient (Wildman–Crippen LogP) is 4.81. The van der Waals surface area contributed by atoms with Crippen molar-refractivity contribution in [2.24, 2.45) is 0 Å². The minimum absolute atomic E-state index is 0. The zero-order valence-electron chi connectivity index (χ0n) is 14.5. The van der Waals surface area contributed by atoms with Gasteiger partial charge in [-0.05, 0) is 19.5 Å². The first-order valence-electron chi connectivity index (χ1n) is 6.12. The van der Waals surface area contributed by atoms with E-state index in [1.807, 2.05) is 19.3 Å². The van der Waals surface area contributed by atoms with Crippen molar-refractivity contribution < 1.29 is 42.3 Å². The van der Waals surface area contributed by atoms with Crippen LogP contribution in [0.1, 0.15) is 64.0 Å². The minimum atomic E-state index is -0.0185. The summed E-state index contributed by atoms with van der Waals surface area (Å²) >= 11 is 0. The van der Waals surface area contributed by atoms with Crippen molar-refractivity contribution in [3.05, 3.63) is 31.9 Å². The van der Waals surface area contributed by atoms with E-state index < -0.39 is 0 Å². The molecule has 0 atom stereocenters. The third-order valence-electron chi connectivity index (χ3n) is 2.16. The van der Waals surface area contributed by atoms with Crippen molar-refractivity contribution in [3.63, 3.8) is 0 Å². The van der Waals surface area contributed by atoms with E-state index in [0.717, 1.165) is 0 Å². The molecule has 0 N–H and O–H groups in total. The van der Waals surface area contributed by atoms with Gasteiger partial charge in [0.25, 0.3) is 0 Å². The second kappa shape index (κ2) is 37.1. The number of aromatic nitrogens is 2. The number of rotatable bonds is 1. The van der Waals surface area contributed by atoms with E-state index in [9.17, 15) is 9.59 Å². The second-order valence-corrected chi connectivity index (χ2v) is 4.41. The molecule has 0 unspecified atom stereocenters. The molecule has 0 bridgehead atoms. The Kier molecular flexibility index (Phi) is 83.6. The van der Waals surface area contributed by atoms with Gasteiger partial charge in [0.1, 0.15) is 0 Å². The number of carbonyl (C=O) groups excluding carboxylic acids is 2. The molecular weight excluding hydrogens is 428 g/mol. The van der Waals surface area contributed by atoms with E-state index in [1.165, 1.54) is 29.2 Å². The largest absolute Gasteiger partial charge is 0.498 e. The average Bonchev–Trinajstić information content (AvgIpc) is 2.76. The van der Waals surface area contributed by atoms with Crippen LogP contribution in [0.15, 0.2) is 12.4 Å². The molecule has 0 aliphatic rings. The van der Waals surface area contributed by atoms with Crippen LogP contribution in [0.3, 0.4) is 0 Å². The Morgan fingerprint density at radius 2 is 1.29 bits per heavy atom. The molecule has 170 valence electrons. The normalized spacial score (nSPS) is 6.14. The molecule has 2 amide bonds. The van der Waals surface area contributed by atoms with E-state index in [1.54, 1.807) is 25.8 Å². The molecule has 0 saturated carbocycles. The molecular formula is C20H50BN4O2Y-2. The fourth-order valence-electron chi connectivity index (χ4n) is 0.589. The van der Waals surface area contributed by atoms with E-state index in [-0.39, 0.29) is 97.5 Å². The summed E-state index contributed by atoms with van der Waals surface area (Å²) in [5, 5.41) is 3.99. The van der Waals surface area contributed by atoms with Gasteiger partial charge in [-0.25, -0.2) is 0 Å². The van der Waals surface area contributed by atoms with Gasteiger partial charge < -0.3 is 21.4 Å². The van der Waals surface area contributed by atoms with Gasteiger partial charge in [0.15, 0.2) is 5.91 Å². The number of nitrogens with zero attached hydrogens (tertiary/aromatic N) is 4. The molecule has 0 fully saturated rings. The summed E-state index contributed by atoms with van der Waals surface area (Å²) < 4.78 is 1.80. The third kappa shape index (κ3) is 44.6. The fraction of sp³-hybridized carbons (Fsp3) is 0.650. The molecule has 0 aliphatic heterocycles. The summed E-state index contributed by atoms with van der Waals surface area (Å²) in [4.78, 5) is 22.9. The smallest absolute Gasteiger partial charge is 0.218 e. The molecule has 4 radical (unpaired) electrons. The number of hydrogen-bond donors (Lipinski definition) is 0. The van der Waals surface area contributed by atoms with Crippen molar-refractivity contribution in [1.82, 2.24) is 19.6 Å². The molecule has 6 nitrogen and oxygen atoms in total. The molecule has 8 heteroatoms. The Morgan fingerprint density at radius 3 is 1.36 bits per heavy atom. The Bertz CT molecular complexity index is 395. The summed E-state index contributed by atoms with van der Waals surface area (Å²) in [6.07, 6.45) is 3.79. The fourth-order valence-corrected chi connectivity index (χ4v) is 0.589. The third-order valence-corrected chi connectivity index (χ3v) is 2.16. The predicted molar refractivity (Wildman–Crippen MR) is 127 cm³/mol. The van der Waals surface area contributed by atoms with Crippen molar-refractivity contribution in [1.29, 1.82) is 0 Å². The van der Waals surface area contributed by atoms with Gasteiger partial charge in [-0.1, -0.05) is 51.1 Å². The van der Waals surface area contributed by atoms with Crippen LogP contribution in [0.5, 0.6) is 0 Å². The summed E-state index contributed by atoms with van der Waals surface area (Å²) in [6, 6.07) is 0. The van der Waals surface area contributed by atoms with E-state index in [2.05, 4.69) is 19.1 Å². The molecule has 1 heterocycles. The summed E-state index contributed by atoms with van der Waals surface area (Å²) in [5.41, 5.74) is 1.19. The second-order valence-electron chi connectivity index (χ2n) is 4.41. The SMILES string of the molecule is C.C.C.C.C.C.CC(=O)N(C)C.[B].[CH2-]Cn1cc(C)cn1.[CH2-]N(C)C(C)=O.[Y]. The van der Waals surface area contributed by atoms with E-state index in [0.29, 0.717) is 6.54 Å². The Labute approximate surface area is 206 Å². The van der Waals surface area contributed by atoms with Crippen LogP contribution in [-0.2, 0) is 48.8 Å².